The van der Waals surface area contributed by atoms with Crippen molar-refractivity contribution in [3.05, 3.63) is 18.1 Å². The van der Waals surface area contributed by atoms with E-state index in [-0.39, 0.29) is 6.10 Å². The molecule has 2 heterocycles. The molecule has 0 spiro atoms. The number of nitrogens with one attached hydrogen (secondary N) is 1. The van der Waals surface area contributed by atoms with Crippen LogP contribution >= 0.6 is 0 Å². The SMILES string of the molecule is CCC1COC(C)CN1c1cncc(CNC(C)C)n1. The molecule has 20 heavy (non-hydrogen) atoms. The van der Waals surface area contributed by atoms with E-state index in [1.54, 1.807) is 0 Å². The van der Waals surface area contributed by atoms with E-state index in [1.165, 1.54) is 0 Å². The number of aromatic nitrogens is 2. The van der Waals surface area contributed by atoms with E-state index in [2.05, 4.69) is 42.9 Å². The minimum Gasteiger partial charge on any atom is -0.375 e. The van der Waals surface area contributed by atoms with Gasteiger partial charge in [-0.05, 0) is 13.3 Å². The lowest BCUT2D eigenvalue weighted by Gasteiger charge is -2.39. The van der Waals surface area contributed by atoms with Gasteiger partial charge in [-0.1, -0.05) is 20.8 Å². The van der Waals surface area contributed by atoms with Crippen LogP contribution in [0.25, 0.3) is 0 Å². The first-order valence-electron chi connectivity index (χ1n) is 7.52. The predicted octanol–water partition coefficient (Wildman–Crippen LogP) is 1.98. The molecule has 1 aliphatic heterocycles. The summed E-state index contributed by atoms with van der Waals surface area (Å²) >= 11 is 0. The average Bonchev–Trinajstić information content (AvgIpc) is 2.45. The van der Waals surface area contributed by atoms with Crippen molar-refractivity contribution in [3.63, 3.8) is 0 Å². The minimum absolute atomic E-state index is 0.247. The highest BCUT2D eigenvalue weighted by Gasteiger charge is 2.26. The normalized spacial score (nSPS) is 23.4. The van der Waals surface area contributed by atoms with Crippen molar-refractivity contribution in [2.75, 3.05) is 18.1 Å². The van der Waals surface area contributed by atoms with Gasteiger partial charge in [0.15, 0.2) is 0 Å². The number of hydrogen-bond acceptors (Lipinski definition) is 5. The summed E-state index contributed by atoms with van der Waals surface area (Å²) in [5.41, 5.74) is 0.991. The Balaban J connectivity index is 2.11. The smallest absolute Gasteiger partial charge is 0.147 e. The quantitative estimate of drug-likeness (QED) is 0.892. The average molecular weight is 278 g/mol. The van der Waals surface area contributed by atoms with Gasteiger partial charge in [-0.15, -0.1) is 0 Å². The molecule has 0 aliphatic carbocycles. The first kappa shape index (κ1) is 15.2. The second kappa shape index (κ2) is 6.99. The van der Waals surface area contributed by atoms with Crippen LogP contribution in [0.3, 0.4) is 0 Å². The van der Waals surface area contributed by atoms with Crippen molar-refractivity contribution < 1.29 is 4.74 Å². The Labute approximate surface area is 121 Å². The molecule has 5 nitrogen and oxygen atoms in total. The summed E-state index contributed by atoms with van der Waals surface area (Å²) in [6.45, 7) is 11.0. The van der Waals surface area contributed by atoms with Crippen molar-refractivity contribution >= 4 is 5.82 Å². The monoisotopic (exact) mass is 278 g/mol. The van der Waals surface area contributed by atoms with Crippen LogP contribution in [0.1, 0.15) is 39.8 Å². The van der Waals surface area contributed by atoms with Gasteiger partial charge in [0, 0.05) is 25.3 Å². The van der Waals surface area contributed by atoms with Gasteiger partial charge in [-0.3, -0.25) is 4.98 Å². The van der Waals surface area contributed by atoms with Crippen LogP contribution in [-0.2, 0) is 11.3 Å². The van der Waals surface area contributed by atoms with E-state index >= 15 is 0 Å². The van der Waals surface area contributed by atoms with Crippen molar-refractivity contribution in [2.45, 2.75) is 58.8 Å². The lowest BCUT2D eigenvalue weighted by atomic mass is 10.1. The zero-order valence-electron chi connectivity index (χ0n) is 13.0. The zero-order valence-corrected chi connectivity index (χ0v) is 13.0. The van der Waals surface area contributed by atoms with Gasteiger partial charge in [0.25, 0.3) is 0 Å². The molecule has 0 aromatic carbocycles. The number of ether oxygens (including phenoxy) is 1. The first-order chi connectivity index (χ1) is 9.60. The van der Waals surface area contributed by atoms with Crippen LogP contribution in [0.15, 0.2) is 12.4 Å². The van der Waals surface area contributed by atoms with Gasteiger partial charge in [0.1, 0.15) is 5.82 Å². The van der Waals surface area contributed by atoms with Crippen LogP contribution in [0.2, 0.25) is 0 Å². The standard InChI is InChI=1S/C15H26N4O/c1-5-14-10-20-12(4)9-19(14)15-8-16-6-13(18-15)7-17-11(2)3/h6,8,11-12,14,17H,5,7,9-10H2,1-4H3. The lowest BCUT2D eigenvalue weighted by Crippen LogP contribution is -2.49. The third-order valence-corrected chi connectivity index (χ3v) is 3.60. The third kappa shape index (κ3) is 3.90. The fourth-order valence-corrected chi connectivity index (χ4v) is 2.39. The summed E-state index contributed by atoms with van der Waals surface area (Å²) in [6, 6.07) is 0.848. The fraction of sp³-hybridized carbons (Fsp3) is 0.733. The van der Waals surface area contributed by atoms with Crippen molar-refractivity contribution in [2.24, 2.45) is 0 Å². The number of rotatable bonds is 5. The maximum Gasteiger partial charge on any atom is 0.147 e. The molecule has 1 N–H and O–H groups in total. The highest BCUT2D eigenvalue weighted by atomic mass is 16.5. The Hall–Kier alpha value is -1.20. The highest BCUT2D eigenvalue weighted by molar-refractivity contribution is 5.38. The Morgan fingerprint density at radius 3 is 2.95 bits per heavy atom. The van der Waals surface area contributed by atoms with Crippen LogP contribution in [0.4, 0.5) is 5.82 Å². The summed E-state index contributed by atoms with van der Waals surface area (Å²) < 4.78 is 5.74. The minimum atomic E-state index is 0.247. The van der Waals surface area contributed by atoms with Crippen molar-refractivity contribution in [3.8, 4) is 0 Å². The number of anilines is 1. The predicted molar refractivity (Wildman–Crippen MR) is 80.8 cm³/mol. The Kier molecular flexibility index (Phi) is 5.31. The molecule has 0 radical (unpaired) electrons. The maximum atomic E-state index is 5.74. The molecule has 1 fully saturated rings. The summed E-state index contributed by atoms with van der Waals surface area (Å²) in [4.78, 5) is 11.4. The van der Waals surface area contributed by atoms with E-state index in [1.807, 2.05) is 12.4 Å². The molecule has 0 saturated carbocycles. The van der Waals surface area contributed by atoms with Gasteiger partial charge >= 0.3 is 0 Å². The molecule has 112 valence electrons. The molecule has 0 bridgehead atoms. The topological polar surface area (TPSA) is 50.3 Å². The molecule has 2 rings (SSSR count). The van der Waals surface area contributed by atoms with Gasteiger partial charge < -0.3 is 15.0 Å². The van der Waals surface area contributed by atoms with Crippen LogP contribution in [0, 0.1) is 0 Å². The second-order valence-electron chi connectivity index (χ2n) is 5.76. The summed E-state index contributed by atoms with van der Waals surface area (Å²) in [7, 11) is 0. The second-order valence-corrected chi connectivity index (χ2v) is 5.76. The molecule has 1 saturated heterocycles. The van der Waals surface area contributed by atoms with Crippen LogP contribution in [-0.4, -0.2) is 41.3 Å². The molecular weight excluding hydrogens is 252 g/mol. The first-order valence-corrected chi connectivity index (χ1v) is 7.52. The molecule has 2 unspecified atom stereocenters. The number of hydrogen-bond donors (Lipinski definition) is 1. The van der Waals surface area contributed by atoms with E-state index in [4.69, 9.17) is 9.72 Å². The molecule has 2 atom stereocenters. The van der Waals surface area contributed by atoms with Crippen molar-refractivity contribution in [1.82, 2.24) is 15.3 Å². The molecule has 1 aliphatic rings. The Morgan fingerprint density at radius 1 is 1.45 bits per heavy atom. The third-order valence-electron chi connectivity index (χ3n) is 3.60. The highest BCUT2D eigenvalue weighted by Crippen LogP contribution is 2.21. The van der Waals surface area contributed by atoms with E-state index in [0.717, 1.165) is 37.6 Å². The summed E-state index contributed by atoms with van der Waals surface area (Å²) in [6.07, 6.45) is 5.00. The van der Waals surface area contributed by atoms with Crippen molar-refractivity contribution in [1.29, 1.82) is 0 Å². The molecule has 1 aromatic heterocycles. The summed E-state index contributed by atoms with van der Waals surface area (Å²) in [5.74, 6) is 0.968. The largest absolute Gasteiger partial charge is 0.375 e. The van der Waals surface area contributed by atoms with Gasteiger partial charge in [-0.25, -0.2) is 4.98 Å². The van der Waals surface area contributed by atoms with Gasteiger partial charge in [0.2, 0.25) is 0 Å². The molecular formula is C15H26N4O. The fourth-order valence-electron chi connectivity index (χ4n) is 2.39. The Morgan fingerprint density at radius 2 is 2.25 bits per heavy atom. The van der Waals surface area contributed by atoms with Crippen LogP contribution < -0.4 is 10.2 Å². The molecule has 1 aromatic rings. The summed E-state index contributed by atoms with van der Waals surface area (Å²) in [5, 5.41) is 3.38. The number of morpholine rings is 1. The zero-order chi connectivity index (χ0) is 14.5. The van der Waals surface area contributed by atoms with Crippen LogP contribution in [0.5, 0.6) is 0 Å². The number of nitrogens with zero attached hydrogens (tertiary/aromatic N) is 3. The molecule has 0 amide bonds. The lowest BCUT2D eigenvalue weighted by molar-refractivity contribution is 0.0296. The molecule has 5 heteroatoms. The Bertz CT molecular complexity index is 424. The van der Waals surface area contributed by atoms with E-state index < -0.39 is 0 Å². The van der Waals surface area contributed by atoms with Gasteiger partial charge in [0.05, 0.1) is 30.6 Å². The maximum absolute atomic E-state index is 5.74. The van der Waals surface area contributed by atoms with E-state index in [0.29, 0.717) is 12.1 Å². The van der Waals surface area contributed by atoms with Gasteiger partial charge in [-0.2, -0.15) is 0 Å². The van der Waals surface area contributed by atoms with E-state index in [9.17, 15) is 0 Å².